The average Bonchev–Trinajstić information content (AvgIpc) is 1.87. The average molecular weight is 100 g/mol. The highest BCUT2D eigenvalue weighted by Crippen LogP contribution is 2.06. The van der Waals surface area contributed by atoms with Crippen LogP contribution in [0.25, 0.3) is 0 Å². The Kier molecular flexibility index (Phi) is 0.749. The first-order chi connectivity index (χ1) is 3.29. The van der Waals surface area contributed by atoms with Crippen molar-refractivity contribution >= 4 is 5.97 Å². The number of aliphatic hydroxyl groups excluding tert-OH is 1. The first kappa shape index (κ1) is 4.18. The zero-order valence-electron chi connectivity index (χ0n) is 3.55. The van der Waals surface area contributed by atoms with Crippen LogP contribution in [-0.4, -0.2) is 11.1 Å². The molecule has 38 valence electrons. The van der Waals surface area contributed by atoms with E-state index in [-0.39, 0.29) is 12.2 Å². The van der Waals surface area contributed by atoms with Crippen molar-refractivity contribution in [1.82, 2.24) is 0 Å². The zero-order valence-corrected chi connectivity index (χ0v) is 3.55. The van der Waals surface area contributed by atoms with E-state index in [1.165, 1.54) is 0 Å². The molecular formula is C4H4O3. The fourth-order valence-corrected chi connectivity index (χ4v) is 0.365. The van der Waals surface area contributed by atoms with Crippen molar-refractivity contribution in [2.75, 3.05) is 0 Å². The van der Waals surface area contributed by atoms with Gasteiger partial charge in [0.15, 0.2) is 0 Å². The molecule has 1 heterocycles. The third-order valence-electron chi connectivity index (χ3n) is 0.652. The van der Waals surface area contributed by atoms with Crippen LogP contribution in [0.4, 0.5) is 0 Å². The van der Waals surface area contributed by atoms with E-state index < -0.39 is 5.97 Å². The lowest BCUT2D eigenvalue weighted by atomic mass is 10.4. The van der Waals surface area contributed by atoms with Gasteiger partial charge in [0.05, 0.1) is 0 Å². The second-order valence-electron chi connectivity index (χ2n) is 1.28. The minimum absolute atomic E-state index is 0.00463. The van der Waals surface area contributed by atoms with Gasteiger partial charge in [0.25, 0.3) is 0 Å². The van der Waals surface area contributed by atoms with Gasteiger partial charge >= 0.3 is 5.97 Å². The molecule has 0 fully saturated rings. The molecule has 0 aromatic rings. The monoisotopic (exact) mass is 100 g/mol. The third kappa shape index (κ3) is 0.707. The summed E-state index contributed by atoms with van der Waals surface area (Å²) in [6.07, 6.45) is 1.07. The molecule has 0 aliphatic carbocycles. The number of hydrogen-bond donors (Lipinski definition) is 1. The number of rotatable bonds is 0. The minimum atomic E-state index is -0.391. The number of hydrogen-bond acceptors (Lipinski definition) is 3. The highest BCUT2D eigenvalue weighted by Gasteiger charge is 2.11. The zero-order chi connectivity index (χ0) is 5.28. The molecule has 0 bridgehead atoms. The Balaban J connectivity index is 2.58. The summed E-state index contributed by atoms with van der Waals surface area (Å²) in [5, 5.41) is 8.41. The van der Waals surface area contributed by atoms with Crippen molar-refractivity contribution < 1.29 is 14.6 Å². The molecule has 1 aliphatic heterocycles. The van der Waals surface area contributed by atoms with Crippen LogP contribution in [0.2, 0.25) is 0 Å². The number of carbonyl (C=O) groups excluding carboxylic acids is 1. The van der Waals surface area contributed by atoms with Crippen LogP contribution in [0.15, 0.2) is 12.0 Å². The van der Waals surface area contributed by atoms with E-state index in [0.717, 1.165) is 6.26 Å². The fraction of sp³-hybridized carbons (Fsp3) is 0.250. The standard InChI is InChI=1S/C4H4O3/c5-3-1-4(6)7-2-3/h2,5H,1H2. The van der Waals surface area contributed by atoms with E-state index in [9.17, 15) is 4.79 Å². The number of aliphatic hydroxyl groups is 1. The largest absolute Gasteiger partial charge is 0.508 e. The van der Waals surface area contributed by atoms with Gasteiger partial charge in [0.2, 0.25) is 0 Å². The third-order valence-corrected chi connectivity index (χ3v) is 0.652. The van der Waals surface area contributed by atoms with Gasteiger partial charge in [-0.15, -0.1) is 0 Å². The van der Waals surface area contributed by atoms with Crippen LogP contribution in [0.5, 0.6) is 0 Å². The van der Waals surface area contributed by atoms with Crippen molar-refractivity contribution in [3.8, 4) is 0 Å². The summed E-state index contributed by atoms with van der Waals surface area (Å²) in [6.45, 7) is 0. The molecule has 0 unspecified atom stereocenters. The van der Waals surface area contributed by atoms with E-state index >= 15 is 0 Å². The van der Waals surface area contributed by atoms with Crippen molar-refractivity contribution in [3.63, 3.8) is 0 Å². The van der Waals surface area contributed by atoms with Crippen LogP contribution >= 0.6 is 0 Å². The maximum Gasteiger partial charge on any atom is 0.318 e. The lowest BCUT2D eigenvalue weighted by molar-refractivity contribution is -0.135. The Labute approximate surface area is 40.2 Å². The quantitative estimate of drug-likeness (QED) is 0.446. The molecule has 7 heavy (non-hydrogen) atoms. The molecule has 1 aliphatic rings. The summed E-state index contributed by atoms with van der Waals surface area (Å²) >= 11 is 0. The highest BCUT2D eigenvalue weighted by molar-refractivity contribution is 5.74. The molecule has 3 heteroatoms. The molecule has 3 nitrogen and oxygen atoms in total. The molecule has 1 rings (SSSR count). The number of ether oxygens (including phenoxy) is 1. The Morgan fingerprint density at radius 3 is 2.71 bits per heavy atom. The summed E-state index contributed by atoms with van der Waals surface area (Å²) < 4.78 is 4.21. The maximum atomic E-state index is 10.0. The first-order valence-electron chi connectivity index (χ1n) is 1.86. The SMILES string of the molecule is O=C1CC(O)=CO1. The Bertz CT molecular complexity index is 125. The minimum Gasteiger partial charge on any atom is -0.508 e. The summed E-state index contributed by atoms with van der Waals surface area (Å²) in [7, 11) is 0. The second-order valence-corrected chi connectivity index (χ2v) is 1.28. The first-order valence-corrected chi connectivity index (χ1v) is 1.86. The predicted octanol–water partition coefficient (Wildman–Crippen LogP) is 0.333. The van der Waals surface area contributed by atoms with Gasteiger partial charge in [-0.1, -0.05) is 0 Å². The van der Waals surface area contributed by atoms with E-state index in [4.69, 9.17) is 5.11 Å². The summed E-state index contributed by atoms with van der Waals surface area (Å²) in [6, 6.07) is 0. The van der Waals surface area contributed by atoms with Gasteiger partial charge in [0.1, 0.15) is 18.4 Å². The predicted molar refractivity (Wildman–Crippen MR) is 21.4 cm³/mol. The van der Waals surface area contributed by atoms with Crippen LogP contribution in [0.3, 0.4) is 0 Å². The van der Waals surface area contributed by atoms with Gasteiger partial charge in [-0.3, -0.25) is 4.79 Å². The molecule has 0 amide bonds. The summed E-state index contributed by atoms with van der Waals surface area (Å²) in [5.41, 5.74) is 0. The molecule has 0 atom stereocenters. The molecule has 1 N–H and O–H groups in total. The van der Waals surface area contributed by atoms with Crippen LogP contribution in [0.1, 0.15) is 6.42 Å². The molecule has 0 saturated carbocycles. The van der Waals surface area contributed by atoms with Crippen LogP contribution in [-0.2, 0) is 9.53 Å². The van der Waals surface area contributed by atoms with E-state index in [2.05, 4.69) is 4.74 Å². The van der Waals surface area contributed by atoms with Crippen molar-refractivity contribution in [2.24, 2.45) is 0 Å². The summed E-state index contributed by atoms with van der Waals surface area (Å²) in [4.78, 5) is 10.0. The number of carbonyl (C=O) groups is 1. The number of cyclic esters (lactones) is 1. The lowest BCUT2D eigenvalue weighted by Gasteiger charge is -1.78. The Hall–Kier alpha value is -0.990. The summed E-state index contributed by atoms with van der Waals surface area (Å²) in [5.74, 6) is -0.387. The highest BCUT2D eigenvalue weighted by atomic mass is 16.5. The Morgan fingerprint density at radius 2 is 2.57 bits per heavy atom. The van der Waals surface area contributed by atoms with Crippen molar-refractivity contribution in [3.05, 3.63) is 12.0 Å². The maximum absolute atomic E-state index is 10.0. The van der Waals surface area contributed by atoms with E-state index in [0.29, 0.717) is 0 Å². The second kappa shape index (κ2) is 1.26. The van der Waals surface area contributed by atoms with Crippen LogP contribution < -0.4 is 0 Å². The van der Waals surface area contributed by atoms with E-state index in [1.807, 2.05) is 0 Å². The lowest BCUT2D eigenvalue weighted by Crippen LogP contribution is -1.89. The van der Waals surface area contributed by atoms with Crippen molar-refractivity contribution in [1.29, 1.82) is 0 Å². The molecule has 0 aromatic heterocycles. The molecule has 0 saturated heterocycles. The van der Waals surface area contributed by atoms with Gasteiger partial charge in [-0.2, -0.15) is 0 Å². The molecule has 0 spiro atoms. The molecule has 0 aromatic carbocycles. The normalized spacial score (nSPS) is 18.9. The topological polar surface area (TPSA) is 46.5 Å². The van der Waals surface area contributed by atoms with Crippen LogP contribution in [0, 0.1) is 0 Å². The molecular weight excluding hydrogens is 96.0 g/mol. The van der Waals surface area contributed by atoms with Crippen molar-refractivity contribution in [2.45, 2.75) is 6.42 Å². The molecule has 0 radical (unpaired) electrons. The van der Waals surface area contributed by atoms with Gasteiger partial charge in [-0.25, -0.2) is 0 Å². The van der Waals surface area contributed by atoms with Gasteiger partial charge < -0.3 is 9.84 Å². The van der Waals surface area contributed by atoms with Gasteiger partial charge in [-0.05, 0) is 0 Å². The fourth-order valence-electron chi connectivity index (χ4n) is 0.365. The van der Waals surface area contributed by atoms with E-state index in [1.54, 1.807) is 0 Å². The number of esters is 1. The van der Waals surface area contributed by atoms with Gasteiger partial charge in [0, 0.05) is 0 Å². The smallest absolute Gasteiger partial charge is 0.318 e. The Morgan fingerprint density at radius 1 is 1.86 bits per heavy atom.